The first-order chi connectivity index (χ1) is 10.7. The second-order valence-corrected chi connectivity index (χ2v) is 5.81. The SMILES string of the molecule is CCCCCCn1nnc(C=O)c1CCc1ccc(C)cc1. The first kappa shape index (κ1) is 16.4. The molecule has 22 heavy (non-hydrogen) atoms. The molecule has 1 aromatic heterocycles. The molecule has 0 saturated carbocycles. The molecule has 118 valence electrons. The molecule has 1 aromatic carbocycles. The number of rotatable bonds is 9. The van der Waals surface area contributed by atoms with Gasteiger partial charge in [0.25, 0.3) is 0 Å². The van der Waals surface area contributed by atoms with Crippen LogP contribution in [0.5, 0.6) is 0 Å². The Morgan fingerprint density at radius 3 is 2.55 bits per heavy atom. The zero-order chi connectivity index (χ0) is 15.8. The average molecular weight is 299 g/mol. The Labute approximate surface area is 132 Å². The summed E-state index contributed by atoms with van der Waals surface area (Å²) in [4.78, 5) is 11.2. The molecule has 0 amide bonds. The molecule has 0 bridgehead atoms. The van der Waals surface area contributed by atoms with Gasteiger partial charge in [0.05, 0.1) is 5.69 Å². The second-order valence-electron chi connectivity index (χ2n) is 5.81. The summed E-state index contributed by atoms with van der Waals surface area (Å²) in [5, 5.41) is 8.15. The molecule has 1 heterocycles. The smallest absolute Gasteiger partial charge is 0.172 e. The van der Waals surface area contributed by atoms with E-state index in [0.717, 1.165) is 37.8 Å². The summed E-state index contributed by atoms with van der Waals surface area (Å²) in [6.07, 6.45) is 7.28. The van der Waals surface area contributed by atoms with Gasteiger partial charge in [-0.1, -0.05) is 61.2 Å². The van der Waals surface area contributed by atoms with Crippen LogP contribution in [-0.2, 0) is 19.4 Å². The minimum Gasteiger partial charge on any atom is -0.296 e. The predicted octanol–water partition coefficient (Wildman–Crippen LogP) is 3.76. The molecule has 0 aliphatic carbocycles. The molecule has 2 rings (SSSR count). The third-order valence-corrected chi connectivity index (χ3v) is 3.97. The van der Waals surface area contributed by atoms with E-state index < -0.39 is 0 Å². The molecular weight excluding hydrogens is 274 g/mol. The fourth-order valence-corrected chi connectivity index (χ4v) is 2.58. The van der Waals surface area contributed by atoms with E-state index in [-0.39, 0.29) is 0 Å². The lowest BCUT2D eigenvalue weighted by Gasteiger charge is -2.07. The third-order valence-electron chi connectivity index (χ3n) is 3.97. The molecule has 0 atom stereocenters. The number of carbonyl (C=O) groups is 1. The van der Waals surface area contributed by atoms with Crippen LogP contribution in [0.3, 0.4) is 0 Å². The van der Waals surface area contributed by atoms with Crippen LogP contribution < -0.4 is 0 Å². The number of aromatic nitrogens is 3. The van der Waals surface area contributed by atoms with Crippen molar-refractivity contribution in [2.24, 2.45) is 0 Å². The molecule has 0 aliphatic heterocycles. The lowest BCUT2D eigenvalue weighted by molar-refractivity contribution is 0.111. The quantitative estimate of drug-likeness (QED) is 0.523. The maximum atomic E-state index is 11.2. The van der Waals surface area contributed by atoms with E-state index in [9.17, 15) is 4.79 Å². The molecule has 2 aromatic rings. The Kier molecular flexibility index (Phi) is 6.31. The van der Waals surface area contributed by atoms with Gasteiger partial charge in [0.15, 0.2) is 6.29 Å². The zero-order valence-corrected chi connectivity index (χ0v) is 13.6. The first-order valence-corrected chi connectivity index (χ1v) is 8.17. The molecule has 0 fully saturated rings. The summed E-state index contributed by atoms with van der Waals surface area (Å²) in [5.41, 5.74) is 4.00. The van der Waals surface area contributed by atoms with Crippen molar-refractivity contribution in [3.8, 4) is 0 Å². The molecule has 0 saturated heterocycles. The van der Waals surface area contributed by atoms with E-state index in [2.05, 4.69) is 48.4 Å². The monoisotopic (exact) mass is 299 g/mol. The van der Waals surface area contributed by atoms with Gasteiger partial charge >= 0.3 is 0 Å². The van der Waals surface area contributed by atoms with Crippen LogP contribution in [0.1, 0.15) is 59.9 Å². The summed E-state index contributed by atoms with van der Waals surface area (Å²) in [6.45, 7) is 5.14. The third kappa shape index (κ3) is 4.52. The molecule has 0 N–H and O–H groups in total. The van der Waals surface area contributed by atoms with E-state index in [0.29, 0.717) is 5.69 Å². The minimum atomic E-state index is 0.489. The van der Waals surface area contributed by atoms with Crippen LogP contribution in [0.25, 0.3) is 0 Å². The highest BCUT2D eigenvalue weighted by molar-refractivity contribution is 5.73. The van der Waals surface area contributed by atoms with Gasteiger partial charge in [-0.3, -0.25) is 4.79 Å². The Hall–Kier alpha value is -1.97. The normalized spacial score (nSPS) is 10.8. The van der Waals surface area contributed by atoms with Gasteiger partial charge in [0.2, 0.25) is 0 Å². The van der Waals surface area contributed by atoms with Crippen molar-refractivity contribution in [2.45, 2.75) is 58.9 Å². The molecule has 0 aliphatic rings. The van der Waals surface area contributed by atoms with E-state index >= 15 is 0 Å². The fraction of sp³-hybridized carbons (Fsp3) is 0.500. The first-order valence-electron chi connectivity index (χ1n) is 8.17. The molecule has 0 radical (unpaired) electrons. The Bertz CT molecular complexity index is 587. The number of unbranched alkanes of at least 4 members (excludes halogenated alkanes) is 3. The average Bonchev–Trinajstić information content (AvgIpc) is 2.93. The number of hydrogen-bond donors (Lipinski definition) is 0. The van der Waals surface area contributed by atoms with E-state index in [1.54, 1.807) is 0 Å². The summed E-state index contributed by atoms with van der Waals surface area (Å²) >= 11 is 0. The summed E-state index contributed by atoms with van der Waals surface area (Å²) in [6, 6.07) is 8.53. The van der Waals surface area contributed by atoms with Gasteiger partial charge in [-0.25, -0.2) is 4.68 Å². The lowest BCUT2D eigenvalue weighted by atomic mass is 10.1. The van der Waals surface area contributed by atoms with Gasteiger partial charge < -0.3 is 0 Å². The highest BCUT2D eigenvalue weighted by Gasteiger charge is 2.12. The Balaban J connectivity index is 1.99. The number of nitrogens with zero attached hydrogens (tertiary/aromatic N) is 3. The van der Waals surface area contributed by atoms with Gasteiger partial charge in [-0.15, -0.1) is 5.10 Å². The highest BCUT2D eigenvalue weighted by atomic mass is 16.1. The predicted molar refractivity (Wildman–Crippen MR) is 88.1 cm³/mol. The number of aryl methyl sites for hydroxylation is 3. The molecule has 0 unspecified atom stereocenters. The van der Waals surface area contributed by atoms with Crippen LogP contribution in [0.15, 0.2) is 24.3 Å². The summed E-state index contributed by atoms with van der Waals surface area (Å²) in [7, 11) is 0. The topological polar surface area (TPSA) is 47.8 Å². The van der Waals surface area contributed by atoms with Crippen LogP contribution in [0.4, 0.5) is 0 Å². The number of carbonyl (C=O) groups excluding carboxylic acids is 1. The molecule has 4 heteroatoms. The van der Waals surface area contributed by atoms with E-state index in [1.807, 2.05) is 4.68 Å². The number of benzene rings is 1. The Morgan fingerprint density at radius 1 is 1.09 bits per heavy atom. The largest absolute Gasteiger partial charge is 0.296 e. The van der Waals surface area contributed by atoms with Crippen molar-refractivity contribution in [3.05, 3.63) is 46.8 Å². The second kappa shape index (κ2) is 8.47. The minimum absolute atomic E-state index is 0.489. The molecular formula is C18H25N3O. The lowest BCUT2D eigenvalue weighted by Crippen LogP contribution is -2.08. The van der Waals surface area contributed by atoms with Crippen molar-refractivity contribution < 1.29 is 4.79 Å². The van der Waals surface area contributed by atoms with Crippen molar-refractivity contribution in [1.82, 2.24) is 15.0 Å². The van der Waals surface area contributed by atoms with Crippen LogP contribution >= 0.6 is 0 Å². The van der Waals surface area contributed by atoms with E-state index in [4.69, 9.17) is 0 Å². The van der Waals surface area contributed by atoms with Gasteiger partial charge in [-0.2, -0.15) is 0 Å². The van der Waals surface area contributed by atoms with Crippen LogP contribution in [-0.4, -0.2) is 21.3 Å². The zero-order valence-electron chi connectivity index (χ0n) is 13.6. The Morgan fingerprint density at radius 2 is 1.86 bits per heavy atom. The fourth-order valence-electron chi connectivity index (χ4n) is 2.58. The van der Waals surface area contributed by atoms with Crippen LogP contribution in [0, 0.1) is 6.92 Å². The summed E-state index contributed by atoms with van der Waals surface area (Å²) in [5.74, 6) is 0. The van der Waals surface area contributed by atoms with Gasteiger partial charge in [0, 0.05) is 6.54 Å². The maximum Gasteiger partial charge on any atom is 0.172 e. The van der Waals surface area contributed by atoms with Crippen molar-refractivity contribution in [2.75, 3.05) is 0 Å². The standard InChI is InChI=1S/C18H25N3O/c1-3-4-5-6-13-21-18(17(14-22)19-20-21)12-11-16-9-7-15(2)8-10-16/h7-10,14H,3-6,11-13H2,1-2H3. The van der Waals surface area contributed by atoms with Gasteiger partial charge in [0.1, 0.15) is 5.69 Å². The van der Waals surface area contributed by atoms with Crippen molar-refractivity contribution in [3.63, 3.8) is 0 Å². The maximum absolute atomic E-state index is 11.2. The molecule has 0 spiro atoms. The number of hydrogen-bond acceptors (Lipinski definition) is 3. The highest BCUT2D eigenvalue weighted by Crippen LogP contribution is 2.12. The van der Waals surface area contributed by atoms with Crippen molar-refractivity contribution in [1.29, 1.82) is 0 Å². The number of aldehydes is 1. The van der Waals surface area contributed by atoms with E-state index in [1.165, 1.54) is 30.4 Å². The van der Waals surface area contributed by atoms with Crippen molar-refractivity contribution >= 4 is 6.29 Å². The molecule has 4 nitrogen and oxygen atoms in total. The van der Waals surface area contributed by atoms with Crippen LogP contribution in [0.2, 0.25) is 0 Å². The van der Waals surface area contributed by atoms with Gasteiger partial charge in [-0.05, 0) is 31.7 Å². The summed E-state index contributed by atoms with van der Waals surface area (Å²) < 4.78 is 1.91.